The van der Waals surface area contributed by atoms with Gasteiger partial charge in [0.1, 0.15) is 13.2 Å². The summed E-state index contributed by atoms with van der Waals surface area (Å²) < 4.78 is 78.6. The molecule has 0 aliphatic carbocycles. The molecule has 2 N–H and O–H groups in total. The number of amides is 2. The van der Waals surface area contributed by atoms with Crippen LogP contribution in [0.15, 0.2) is 78.9 Å². The highest BCUT2D eigenvalue weighted by molar-refractivity contribution is 5.99. The third kappa shape index (κ3) is 7.94. The number of anilines is 1. The summed E-state index contributed by atoms with van der Waals surface area (Å²) >= 11 is 0. The van der Waals surface area contributed by atoms with Crippen molar-refractivity contribution in [1.29, 1.82) is 0 Å². The molecular weight excluding hydrogens is 575 g/mol. The maximum atomic E-state index is 13.9. The monoisotopic (exact) mass is 598 g/mol. The Morgan fingerprint density at radius 3 is 1.51 bits per heavy atom. The first-order valence-corrected chi connectivity index (χ1v) is 12.8. The standard InChI is InChI=1S/C31H23F5N2O5/c32-24-23(25(33)27(35)28(36)26(24)34)11-12-37-31(41)38-22-14-20(29(39)42-16-18-7-3-1-4-8-18)13-21(15-22)30(40)43-17-19-9-5-2-6-10-19/h1-10,13-15H,11-12,16-17H2,(H2,37,38,41). The zero-order chi connectivity index (χ0) is 30.9. The molecule has 7 nitrogen and oxygen atoms in total. The van der Waals surface area contributed by atoms with Crippen molar-refractivity contribution < 1.29 is 45.8 Å². The van der Waals surface area contributed by atoms with E-state index in [4.69, 9.17) is 9.47 Å². The van der Waals surface area contributed by atoms with Crippen LogP contribution in [0.2, 0.25) is 0 Å². The van der Waals surface area contributed by atoms with Crippen molar-refractivity contribution in [2.75, 3.05) is 11.9 Å². The van der Waals surface area contributed by atoms with Gasteiger partial charge in [-0.3, -0.25) is 0 Å². The Morgan fingerprint density at radius 2 is 1.05 bits per heavy atom. The molecule has 4 rings (SSSR count). The number of halogens is 5. The molecule has 2 amide bonds. The fraction of sp³-hybridized carbons (Fsp3) is 0.129. The predicted molar refractivity (Wildman–Crippen MR) is 145 cm³/mol. The van der Waals surface area contributed by atoms with Gasteiger partial charge in [-0.15, -0.1) is 0 Å². The van der Waals surface area contributed by atoms with Crippen molar-refractivity contribution in [3.8, 4) is 0 Å². The minimum absolute atomic E-state index is 0.0467. The van der Waals surface area contributed by atoms with Crippen molar-refractivity contribution in [3.63, 3.8) is 0 Å². The molecule has 4 aromatic rings. The van der Waals surface area contributed by atoms with E-state index in [1.165, 1.54) is 18.2 Å². The Kier molecular flexibility index (Phi) is 10.0. The summed E-state index contributed by atoms with van der Waals surface area (Å²) in [6, 6.07) is 20.3. The Balaban J connectivity index is 1.47. The second-order valence-corrected chi connectivity index (χ2v) is 9.10. The smallest absolute Gasteiger partial charge is 0.338 e. The molecular formula is C31H23F5N2O5. The topological polar surface area (TPSA) is 93.7 Å². The van der Waals surface area contributed by atoms with E-state index in [9.17, 15) is 36.3 Å². The van der Waals surface area contributed by atoms with Gasteiger partial charge >= 0.3 is 18.0 Å². The van der Waals surface area contributed by atoms with Crippen LogP contribution in [-0.4, -0.2) is 24.5 Å². The first-order valence-electron chi connectivity index (χ1n) is 12.8. The van der Waals surface area contributed by atoms with E-state index >= 15 is 0 Å². The van der Waals surface area contributed by atoms with Crippen LogP contribution in [-0.2, 0) is 29.1 Å². The maximum absolute atomic E-state index is 13.9. The number of carbonyl (C=O) groups excluding carboxylic acids is 3. The van der Waals surface area contributed by atoms with Crippen LogP contribution in [0.4, 0.5) is 32.4 Å². The number of nitrogens with one attached hydrogen (secondary N) is 2. The van der Waals surface area contributed by atoms with Crippen LogP contribution >= 0.6 is 0 Å². The zero-order valence-electron chi connectivity index (χ0n) is 22.3. The fourth-order valence-corrected chi connectivity index (χ4v) is 3.89. The first kappa shape index (κ1) is 30.7. The van der Waals surface area contributed by atoms with Gasteiger partial charge in [0.05, 0.1) is 11.1 Å². The van der Waals surface area contributed by atoms with Crippen molar-refractivity contribution in [3.05, 3.63) is 136 Å². The van der Waals surface area contributed by atoms with Crippen LogP contribution < -0.4 is 10.6 Å². The summed E-state index contributed by atoms with van der Waals surface area (Å²) in [6.07, 6.45) is -0.720. The number of urea groups is 1. The lowest BCUT2D eigenvalue weighted by Gasteiger charge is -2.13. The van der Waals surface area contributed by atoms with E-state index < -0.39 is 65.6 Å². The number of rotatable bonds is 10. The van der Waals surface area contributed by atoms with Gasteiger partial charge in [0, 0.05) is 17.8 Å². The van der Waals surface area contributed by atoms with E-state index in [1.54, 1.807) is 60.7 Å². The molecule has 0 saturated carbocycles. The molecule has 0 aliphatic rings. The summed E-state index contributed by atoms with van der Waals surface area (Å²) in [5.74, 6) is -12.1. The Labute approximate surface area is 242 Å². The summed E-state index contributed by atoms with van der Waals surface area (Å²) in [4.78, 5) is 38.1. The van der Waals surface area contributed by atoms with Crippen molar-refractivity contribution >= 4 is 23.7 Å². The average molecular weight is 599 g/mol. The van der Waals surface area contributed by atoms with Gasteiger partial charge in [-0.1, -0.05) is 60.7 Å². The molecule has 0 heterocycles. The normalized spacial score (nSPS) is 10.6. The Bertz CT molecular complexity index is 1530. The van der Waals surface area contributed by atoms with Crippen molar-refractivity contribution in [1.82, 2.24) is 5.32 Å². The molecule has 222 valence electrons. The largest absolute Gasteiger partial charge is 0.457 e. The zero-order valence-corrected chi connectivity index (χ0v) is 22.3. The highest BCUT2D eigenvalue weighted by Gasteiger charge is 2.25. The number of esters is 2. The van der Waals surface area contributed by atoms with Gasteiger partial charge in [0.2, 0.25) is 5.82 Å². The summed E-state index contributed by atoms with van der Waals surface area (Å²) in [5.41, 5.74) is 0.0861. The SMILES string of the molecule is O=C(NCCc1c(F)c(F)c(F)c(F)c1F)Nc1cc(C(=O)OCc2ccccc2)cc(C(=O)OCc2ccccc2)c1. The van der Waals surface area contributed by atoms with Crippen molar-refractivity contribution in [2.24, 2.45) is 0 Å². The van der Waals surface area contributed by atoms with Gasteiger partial charge in [-0.2, -0.15) is 0 Å². The predicted octanol–water partition coefficient (Wildman–Crippen LogP) is 6.46. The third-order valence-electron chi connectivity index (χ3n) is 6.05. The number of carbonyl (C=O) groups is 3. The minimum atomic E-state index is -2.29. The second-order valence-electron chi connectivity index (χ2n) is 9.10. The Hall–Kier alpha value is -5.26. The lowest BCUT2D eigenvalue weighted by molar-refractivity contribution is 0.0470. The van der Waals surface area contributed by atoms with E-state index in [1.807, 2.05) is 0 Å². The van der Waals surface area contributed by atoms with Crippen LogP contribution in [0.3, 0.4) is 0 Å². The molecule has 0 radical (unpaired) electrons. The summed E-state index contributed by atoms with van der Waals surface area (Å²) in [5, 5.41) is 4.59. The van der Waals surface area contributed by atoms with E-state index in [2.05, 4.69) is 10.6 Å². The van der Waals surface area contributed by atoms with Gasteiger partial charge in [0.25, 0.3) is 0 Å². The van der Waals surface area contributed by atoms with Crippen molar-refractivity contribution in [2.45, 2.75) is 19.6 Å². The molecule has 0 fully saturated rings. The van der Waals surface area contributed by atoms with Gasteiger partial charge in [-0.25, -0.2) is 36.3 Å². The lowest BCUT2D eigenvalue weighted by Crippen LogP contribution is -2.31. The summed E-state index contributed by atoms with van der Waals surface area (Å²) in [6.45, 7) is -0.651. The molecule has 0 atom stereocenters. The number of ether oxygens (including phenoxy) is 2. The molecule has 0 unspecified atom stereocenters. The Morgan fingerprint density at radius 1 is 0.605 bits per heavy atom. The first-order chi connectivity index (χ1) is 20.6. The molecule has 43 heavy (non-hydrogen) atoms. The third-order valence-corrected chi connectivity index (χ3v) is 6.05. The van der Waals surface area contributed by atoms with E-state index in [0.29, 0.717) is 11.1 Å². The molecule has 12 heteroatoms. The van der Waals surface area contributed by atoms with Crippen LogP contribution in [0.25, 0.3) is 0 Å². The van der Waals surface area contributed by atoms with Gasteiger partial charge in [0.15, 0.2) is 23.3 Å². The summed E-state index contributed by atoms with van der Waals surface area (Å²) in [7, 11) is 0. The number of hydrogen-bond acceptors (Lipinski definition) is 5. The number of hydrogen-bond donors (Lipinski definition) is 2. The van der Waals surface area contributed by atoms with Gasteiger partial charge in [-0.05, 0) is 35.7 Å². The minimum Gasteiger partial charge on any atom is -0.457 e. The fourth-order valence-electron chi connectivity index (χ4n) is 3.89. The van der Waals surface area contributed by atoms with Gasteiger partial charge < -0.3 is 20.1 Å². The molecule has 0 saturated heterocycles. The molecule has 0 spiro atoms. The van der Waals surface area contributed by atoms with E-state index in [-0.39, 0.29) is 30.0 Å². The number of benzene rings is 4. The lowest BCUT2D eigenvalue weighted by atomic mass is 10.1. The maximum Gasteiger partial charge on any atom is 0.338 e. The highest BCUT2D eigenvalue weighted by Crippen LogP contribution is 2.23. The second kappa shape index (κ2) is 14.1. The quantitative estimate of drug-likeness (QED) is 0.0946. The van der Waals surface area contributed by atoms with Crippen LogP contribution in [0.1, 0.15) is 37.4 Å². The molecule has 0 aliphatic heterocycles. The molecule has 0 aromatic heterocycles. The average Bonchev–Trinajstić information content (AvgIpc) is 3.03. The van der Waals surface area contributed by atoms with Crippen LogP contribution in [0, 0.1) is 29.1 Å². The molecule has 0 bridgehead atoms. The van der Waals surface area contributed by atoms with E-state index in [0.717, 1.165) is 0 Å². The molecule has 4 aromatic carbocycles. The highest BCUT2D eigenvalue weighted by atomic mass is 19.2. The van der Waals surface area contributed by atoms with Crippen LogP contribution in [0.5, 0.6) is 0 Å².